The maximum atomic E-state index is 13.7. The van der Waals surface area contributed by atoms with E-state index in [0.717, 1.165) is 26.2 Å². The highest BCUT2D eigenvalue weighted by atomic mass is 35.5. The minimum atomic E-state index is -0.456. The van der Waals surface area contributed by atoms with Crippen LogP contribution >= 0.6 is 24.8 Å². The summed E-state index contributed by atoms with van der Waals surface area (Å²) in [6, 6.07) is 13.0. The van der Waals surface area contributed by atoms with Crippen molar-refractivity contribution in [1.82, 2.24) is 9.80 Å². The average molecular weight is 417 g/mol. The van der Waals surface area contributed by atoms with Crippen LogP contribution in [-0.2, 0) is 6.54 Å². The van der Waals surface area contributed by atoms with Crippen molar-refractivity contribution in [1.29, 1.82) is 0 Å². The van der Waals surface area contributed by atoms with Crippen LogP contribution in [0.5, 0.6) is 0 Å². The molecular weight excluding hydrogens is 393 g/mol. The van der Waals surface area contributed by atoms with Crippen molar-refractivity contribution >= 4 is 30.6 Å². The molecule has 1 aliphatic heterocycles. The first-order valence-corrected chi connectivity index (χ1v) is 8.59. The highest BCUT2D eigenvalue weighted by molar-refractivity contribution is 5.96. The van der Waals surface area contributed by atoms with Gasteiger partial charge < -0.3 is 4.90 Å². The number of Topliss-reactive ketones (excluding diaryl/α,β-unsaturated/α-hetero) is 1. The number of halogens is 4. The Morgan fingerprint density at radius 3 is 2.00 bits per heavy atom. The number of piperazine rings is 1. The molecule has 148 valence electrons. The molecule has 0 bridgehead atoms. The molecular formula is C20H24Cl2F2N2O. The highest BCUT2D eigenvalue weighted by Gasteiger charge is 2.19. The first kappa shape index (κ1) is 23.5. The molecule has 0 saturated carbocycles. The molecule has 3 nitrogen and oxygen atoms in total. The Bertz CT molecular complexity index is 737. The fourth-order valence-corrected chi connectivity index (χ4v) is 3.12. The Morgan fingerprint density at radius 2 is 1.37 bits per heavy atom. The Kier molecular flexibility index (Phi) is 9.88. The van der Waals surface area contributed by atoms with Gasteiger partial charge in [-0.05, 0) is 18.2 Å². The molecule has 1 saturated heterocycles. The summed E-state index contributed by atoms with van der Waals surface area (Å²) in [4.78, 5) is 16.6. The van der Waals surface area contributed by atoms with E-state index in [-0.39, 0.29) is 42.0 Å². The molecule has 0 aromatic heterocycles. The lowest BCUT2D eigenvalue weighted by atomic mass is 10.1. The maximum absolute atomic E-state index is 13.7. The molecule has 0 spiro atoms. The van der Waals surface area contributed by atoms with Gasteiger partial charge in [0.25, 0.3) is 0 Å². The number of hydrogen-bond donors (Lipinski definition) is 0. The van der Waals surface area contributed by atoms with Crippen LogP contribution in [0.1, 0.15) is 22.3 Å². The van der Waals surface area contributed by atoms with E-state index in [2.05, 4.69) is 9.80 Å². The number of carbonyl (C=O) groups is 1. The van der Waals surface area contributed by atoms with Crippen molar-refractivity contribution in [2.75, 3.05) is 32.7 Å². The van der Waals surface area contributed by atoms with Gasteiger partial charge in [-0.25, -0.2) is 8.78 Å². The zero-order chi connectivity index (χ0) is 17.6. The monoisotopic (exact) mass is 416 g/mol. The van der Waals surface area contributed by atoms with Crippen molar-refractivity contribution in [2.45, 2.75) is 13.0 Å². The molecule has 2 aromatic carbocycles. The summed E-state index contributed by atoms with van der Waals surface area (Å²) in [6.45, 7) is 4.57. The third-order valence-electron chi connectivity index (χ3n) is 4.65. The minimum Gasteiger partial charge on any atom is -0.300 e. The molecule has 1 fully saturated rings. The molecule has 27 heavy (non-hydrogen) atoms. The van der Waals surface area contributed by atoms with Crippen LogP contribution in [0, 0.1) is 11.6 Å². The topological polar surface area (TPSA) is 23.6 Å². The van der Waals surface area contributed by atoms with Crippen LogP contribution in [-0.4, -0.2) is 48.3 Å². The number of ketones is 1. The van der Waals surface area contributed by atoms with E-state index in [1.54, 1.807) is 18.2 Å². The fourth-order valence-electron chi connectivity index (χ4n) is 3.12. The van der Waals surface area contributed by atoms with Crippen molar-refractivity contribution < 1.29 is 13.6 Å². The van der Waals surface area contributed by atoms with E-state index < -0.39 is 5.82 Å². The lowest BCUT2D eigenvalue weighted by Gasteiger charge is -2.34. The SMILES string of the molecule is Cl.Cl.O=C(CCN1CCN(Cc2ccccc2F)CC1)c1ccccc1F. The van der Waals surface area contributed by atoms with Crippen molar-refractivity contribution in [3.8, 4) is 0 Å². The zero-order valence-electron chi connectivity index (χ0n) is 14.9. The number of hydrogen-bond acceptors (Lipinski definition) is 3. The van der Waals surface area contributed by atoms with Crippen molar-refractivity contribution in [2.24, 2.45) is 0 Å². The smallest absolute Gasteiger partial charge is 0.167 e. The summed E-state index contributed by atoms with van der Waals surface area (Å²) in [6.07, 6.45) is 0.314. The zero-order valence-corrected chi connectivity index (χ0v) is 16.6. The van der Waals surface area contributed by atoms with Crippen LogP contribution in [0.4, 0.5) is 8.78 Å². The fraction of sp³-hybridized carbons (Fsp3) is 0.350. The maximum Gasteiger partial charge on any atom is 0.167 e. The van der Waals surface area contributed by atoms with Gasteiger partial charge in [0, 0.05) is 51.3 Å². The molecule has 7 heteroatoms. The molecule has 0 amide bonds. The van der Waals surface area contributed by atoms with E-state index in [9.17, 15) is 13.6 Å². The van der Waals surface area contributed by atoms with Gasteiger partial charge in [-0.2, -0.15) is 0 Å². The number of nitrogens with zero attached hydrogens (tertiary/aromatic N) is 2. The van der Waals surface area contributed by atoms with Crippen molar-refractivity contribution in [3.63, 3.8) is 0 Å². The molecule has 2 aromatic rings. The molecule has 0 aliphatic carbocycles. The molecule has 0 unspecified atom stereocenters. The van der Waals surface area contributed by atoms with Crippen LogP contribution < -0.4 is 0 Å². The second-order valence-corrected chi connectivity index (χ2v) is 6.36. The highest BCUT2D eigenvalue weighted by Crippen LogP contribution is 2.13. The lowest BCUT2D eigenvalue weighted by Crippen LogP contribution is -2.46. The van der Waals surface area contributed by atoms with Crippen LogP contribution in [0.3, 0.4) is 0 Å². The first-order valence-electron chi connectivity index (χ1n) is 8.59. The van der Waals surface area contributed by atoms with Gasteiger partial charge in [0.15, 0.2) is 5.78 Å². The van der Waals surface area contributed by atoms with Crippen molar-refractivity contribution in [3.05, 3.63) is 71.3 Å². The summed E-state index contributed by atoms with van der Waals surface area (Å²) in [5.74, 6) is -0.783. The second-order valence-electron chi connectivity index (χ2n) is 6.36. The quantitative estimate of drug-likeness (QED) is 0.659. The Balaban J connectivity index is 0.00000182. The summed E-state index contributed by atoms with van der Waals surface area (Å²) in [5.41, 5.74) is 0.881. The Morgan fingerprint density at radius 1 is 0.815 bits per heavy atom. The average Bonchev–Trinajstić information content (AvgIpc) is 2.63. The van der Waals surface area contributed by atoms with Crippen LogP contribution in [0.15, 0.2) is 48.5 Å². The second kappa shape index (κ2) is 11.3. The molecule has 0 radical (unpaired) electrons. The largest absolute Gasteiger partial charge is 0.300 e. The minimum absolute atomic E-state index is 0. The summed E-state index contributed by atoms with van der Waals surface area (Å²) >= 11 is 0. The molecule has 1 heterocycles. The van der Waals surface area contributed by atoms with E-state index in [0.29, 0.717) is 25.1 Å². The summed E-state index contributed by atoms with van der Waals surface area (Å²) in [5, 5.41) is 0. The third kappa shape index (κ3) is 6.54. The number of rotatable bonds is 6. The van der Waals surface area contributed by atoms with E-state index in [4.69, 9.17) is 0 Å². The number of carbonyl (C=O) groups excluding carboxylic acids is 1. The van der Waals surface area contributed by atoms with Gasteiger partial charge in [0.2, 0.25) is 0 Å². The van der Waals surface area contributed by atoms with Gasteiger partial charge in [-0.3, -0.25) is 9.69 Å². The summed E-state index contributed by atoms with van der Waals surface area (Å²) in [7, 11) is 0. The van der Waals surface area contributed by atoms with E-state index in [1.807, 2.05) is 12.1 Å². The van der Waals surface area contributed by atoms with Crippen LogP contribution in [0.2, 0.25) is 0 Å². The van der Waals surface area contributed by atoms with Gasteiger partial charge in [0.1, 0.15) is 11.6 Å². The Labute approximate surface area is 171 Å². The van der Waals surface area contributed by atoms with Crippen LogP contribution in [0.25, 0.3) is 0 Å². The predicted octanol–water partition coefficient (Wildman–Crippen LogP) is 4.20. The van der Waals surface area contributed by atoms with E-state index >= 15 is 0 Å². The molecule has 1 aliphatic rings. The third-order valence-corrected chi connectivity index (χ3v) is 4.65. The number of benzene rings is 2. The van der Waals surface area contributed by atoms with E-state index in [1.165, 1.54) is 18.2 Å². The Hall–Kier alpha value is -1.53. The van der Waals surface area contributed by atoms with Gasteiger partial charge in [0.05, 0.1) is 5.56 Å². The van der Waals surface area contributed by atoms with Gasteiger partial charge in [-0.1, -0.05) is 30.3 Å². The predicted molar refractivity (Wildman–Crippen MR) is 108 cm³/mol. The summed E-state index contributed by atoms with van der Waals surface area (Å²) < 4.78 is 27.3. The normalized spacial score (nSPS) is 14.9. The molecule has 3 rings (SSSR count). The lowest BCUT2D eigenvalue weighted by molar-refractivity contribution is 0.0918. The first-order chi connectivity index (χ1) is 12.1. The standard InChI is InChI=1S/C20H22F2N2O.2ClH/c21-18-7-3-1-5-16(18)15-24-13-11-23(12-14-24)10-9-20(25)17-6-2-4-8-19(17)22;;/h1-8H,9-15H2;2*1H. The molecule has 0 N–H and O–H groups in total. The van der Waals surface area contributed by atoms with Gasteiger partial charge in [-0.15, -0.1) is 24.8 Å². The molecule has 0 atom stereocenters. The van der Waals surface area contributed by atoms with Gasteiger partial charge >= 0.3 is 0 Å².